The Hall–Kier alpha value is -0.240. The van der Waals surface area contributed by atoms with Crippen LogP contribution in [0.1, 0.15) is 64.2 Å². The van der Waals surface area contributed by atoms with E-state index in [4.69, 9.17) is 23.7 Å². The van der Waals surface area contributed by atoms with Gasteiger partial charge in [0, 0.05) is 23.7 Å². The molecule has 6 heteroatoms. The van der Waals surface area contributed by atoms with Gasteiger partial charge in [0.2, 0.25) is 0 Å². The number of aliphatic hydroxyl groups excluding tert-OH is 1. The molecule has 3 heterocycles. The van der Waals surface area contributed by atoms with E-state index in [0.717, 1.165) is 23.7 Å². The van der Waals surface area contributed by atoms with Gasteiger partial charge in [0.15, 0.2) is 17.9 Å². The van der Waals surface area contributed by atoms with E-state index in [1.165, 1.54) is 64.2 Å². The topological polar surface area (TPSA) is 66.4 Å². The predicted molar refractivity (Wildman–Crippen MR) is 111 cm³/mol. The van der Waals surface area contributed by atoms with Crippen LogP contribution in [0.5, 0.6) is 0 Å². The van der Waals surface area contributed by atoms with Gasteiger partial charge in [0.1, 0.15) is 24.4 Å². The highest BCUT2D eigenvalue weighted by Crippen LogP contribution is 2.65. The van der Waals surface area contributed by atoms with Crippen LogP contribution in [0.2, 0.25) is 0 Å². The zero-order chi connectivity index (χ0) is 20.8. The van der Waals surface area contributed by atoms with Crippen LogP contribution < -0.4 is 0 Å². The Morgan fingerprint density at radius 1 is 0.531 bits per heavy atom. The molecule has 3 saturated heterocycles. The van der Waals surface area contributed by atoms with Crippen LogP contribution in [0.4, 0.5) is 0 Å². The molecule has 0 radical (unpaired) electrons. The van der Waals surface area contributed by atoms with Crippen molar-refractivity contribution >= 4 is 0 Å². The zero-order valence-corrected chi connectivity index (χ0v) is 18.8. The van der Waals surface area contributed by atoms with Crippen LogP contribution in [0.25, 0.3) is 0 Å². The average molecular weight is 445 g/mol. The molecular formula is C26H36O6. The lowest BCUT2D eigenvalue weighted by Gasteiger charge is -2.58. The first kappa shape index (κ1) is 19.0. The molecule has 8 bridgehead atoms. The van der Waals surface area contributed by atoms with Crippen molar-refractivity contribution < 1.29 is 28.8 Å². The predicted octanol–water partition coefficient (Wildman–Crippen LogP) is 3.21. The summed E-state index contributed by atoms with van der Waals surface area (Å²) in [5.74, 6) is 4.59. The number of hydrogen-bond acceptors (Lipinski definition) is 6. The SMILES string of the molecule is OC1O[C@H](C2COC3(O2)C2CC4CC(C2)CC3C4)[C@@H]2OC3(O[C@H]12)C1CC2CC(C1)CC3C2. The Balaban J connectivity index is 0.992. The highest BCUT2D eigenvalue weighted by Gasteiger charge is 2.70. The molecule has 5 atom stereocenters. The van der Waals surface area contributed by atoms with Crippen LogP contribution in [0.15, 0.2) is 0 Å². The highest BCUT2D eigenvalue weighted by atomic mass is 16.8. The molecule has 11 fully saturated rings. The van der Waals surface area contributed by atoms with Gasteiger partial charge < -0.3 is 28.8 Å². The lowest BCUT2D eigenvalue weighted by atomic mass is 9.53. The zero-order valence-electron chi connectivity index (χ0n) is 18.8. The molecule has 0 aromatic heterocycles. The van der Waals surface area contributed by atoms with Crippen LogP contribution >= 0.6 is 0 Å². The third-order valence-corrected chi connectivity index (χ3v) is 11.6. The van der Waals surface area contributed by atoms with Gasteiger partial charge in [0.25, 0.3) is 0 Å². The van der Waals surface area contributed by atoms with E-state index in [-0.39, 0.29) is 18.3 Å². The minimum atomic E-state index is -0.930. The molecule has 11 aliphatic rings. The summed E-state index contributed by atoms with van der Waals surface area (Å²) in [6, 6.07) is 0. The van der Waals surface area contributed by atoms with E-state index in [1.807, 2.05) is 0 Å². The maximum Gasteiger partial charge on any atom is 0.184 e. The monoisotopic (exact) mass is 444 g/mol. The fourth-order valence-corrected chi connectivity index (χ4v) is 10.9. The first-order chi connectivity index (χ1) is 15.6. The molecule has 0 aromatic carbocycles. The molecule has 32 heavy (non-hydrogen) atoms. The first-order valence-electron chi connectivity index (χ1n) is 13.6. The van der Waals surface area contributed by atoms with E-state index in [2.05, 4.69) is 0 Å². The van der Waals surface area contributed by atoms with Crippen molar-refractivity contribution in [1.82, 2.24) is 0 Å². The molecule has 1 N–H and O–H groups in total. The number of hydrogen-bond donors (Lipinski definition) is 1. The van der Waals surface area contributed by atoms with Gasteiger partial charge in [-0.05, 0) is 87.9 Å². The second-order valence-corrected chi connectivity index (χ2v) is 13.2. The summed E-state index contributed by atoms with van der Waals surface area (Å²) in [5.41, 5.74) is 0. The Bertz CT molecular complexity index is 771. The van der Waals surface area contributed by atoms with Crippen molar-refractivity contribution in [3.8, 4) is 0 Å². The smallest absolute Gasteiger partial charge is 0.184 e. The molecule has 11 rings (SSSR count). The molecule has 8 saturated carbocycles. The molecule has 176 valence electrons. The number of rotatable bonds is 1. The summed E-state index contributed by atoms with van der Waals surface area (Å²) in [5, 5.41) is 10.8. The molecular weight excluding hydrogens is 408 g/mol. The van der Waals surface area contributed by atoms with Crippen molar-refractivity contribution in [1.29, 1.82) is 0 Å². The minimum absolute atomic E-state index is 0.173. The van der Waals surface area contributed by atoms with Gasteiger partial charge in [-0.15, -0.1) is 0 Å². The highest BCUT2D eigenvalue weighted by molar-refractivity contribution is 5.11. The van der Waals surface area contributed by atoms with Crippen LogP contribution in [0, 0.1) is 47.3 Å². The Labute approximate surface area is 189 Å². The molecule has 6 nitrogen and oxygen atoms in total. The summed E-state index contributed by atoms with van der Waals surface area (Å²) in [6.45, 7) is 0.552. The lowest BCUT2D eigenvalue weighted by Crippen LogP contribution is -2.60. The van der Waals surface area contributed by atoms with Gasteiger partial charge in [-0.25, -0.2) is 0 Å². The number of ether oxygens (including phenoxy) is 5. The standard InChI is InChI=1S/C26H36O6/c27-24-23-22(31-26(32-23)18-7-14-2-15(9-18)10-19(26)8-14)21(29-24)20-11-28-25(30-20)16-3-12-1-13(5-16)6-17(25)4-12/h12-24,27H,1-11H2/t12?,13?,14?,15?,16?,17?,18?,19?,20?,21-,22+,23+,24?,25?,26?/m1/s1. The van der Waals surface area contributed by atoms with E-state index >= 15 is 0 Å². The van der Waals surface area contributed by atoms with Crippen LogP contribution in [-0.4, -0.2) is 54.0 Å². The molecule has 8 aliphatic carbocycles. The van der Waals surface area contributed by atoms with Crippen molar-refractivity contribution in [3.63, 3.8) is 0 Å². The third kappa shape index (κ3) is 2.24. The quantitative estimate of drug-likeness (QED) is 0.670. The largest absolute Gasteiger partial charge is 0.366 e. The van der Waals surface area contributed by atoms with Crippen molar-refractivity contribution in [2.24, 2.45) is 47.3 Å². The molecule has 0 amide bonds. The van der Waals surface area contributed by atoms with Gasteiger partial charge in [-0.2, -0.15) is 0 Å². The van der Waals surface area contributed by atoms with Gasteiger partial charge in [-0.3, -0.25) is 0 Å². The minimum Gasteiger partial charge on any atom is -0.366 e. The van der Waals surface area contributed by atoms with E-state index < -0.39 is 24.0 Å². The maximum absolute atomic E-state index is 10.8. The summed E-state index contributed by atoms with van der Waals surface area (Å²) < 4.78 is 33.1. The van der Waals surface area contributed by atoms with E-state index in [9.17, 15) is 5.11 Å². The van der Waals surface area contributed by atoms with E-state index in [1.54, 1.807) is 0 Å². The van der Waals surface area contributed by atoms with E-state index in [0.29, 0.717) is 30.3 Å². The Morgan fingerprint density at radius 2 is 1.03 bits per heavy atom. The average Bonchev–Trinajstić information content (AvgIpc) is 3.44. The Morgan fingerprint density at radius 3 is 1.59 bits per heavy atom. The molecule has 2 spiro atoms. The van der Waals surface area contributed by atoms with Crippen molar-refractivity contribution in [3.05, 3.63) is 0 Å². The second kappa shape index (κ2) is 6.11. The fourth-order valence-electron chi connectivity index (χ4n) is 10.9. The number of aliphatic hydroxyl groups is 1. The van der Waals surface area contributed by atoms with Gasteiger partial charge >= 0.3 is 0 Å². The lowest BCUT2D eigenvalue weighted by molar-refractivity contribution is -0.329. The fraction of sp³-hybridized carbons (Fsp3) is 1.00. The summed E-state index contributed by atoms with van der Waals surface area (Å²) in [6.07, 6.45) is 10.7. The maximum atomic E-state index is 10.8. The molecule has 0 aromatic rings. The van der Waals surface area contributed by atoms with Gasteiger partial charge in [0.05, 0.1) is 6.61 Å². The normalized spacial score (nSPS) is 68.0. The first-order valence-corrected chi connectivity index (χ1v) is 13.6. The third-order valence-electron chi connectivity index (χ3n) is 11.6. The van der Waals surface area contributed by atoms with Gasteiger partial charge in [-0.1, -0.05) is 0 Å². The van der Waals surface area contributed by atoms with Crippen LogP contribution in [-0.2, 0) is 23.7 Å². The molecule has 3 aliphatic heterocycles. The Kier molecular flexibility index (Phi) is 3.63. The second-order valence-electron chi connectivity index (χ2n) is 13.2. The summed E-state index contributed by atoms with van der Waals surface area (Å²) in [4.78, 5) is 0. The summed E-state index contributed by atoms with van der Waals surface area (Å²) >= 11 is 0. The van der Waals surface area contributed by atoms with Crippen molar-refractivity contribution in [2.75, 3.05) is 6.61 Å². The van der Waals surface area contributed by atoms with Crippen LogP contribution in [0.3, 0.4) is 0 Å². The van der Waals surface area contributed by atoms with Crippen molar-refractivity contribution in [2.45, 2.75) is 106 Å². The summed E-state index contributed by atoms with van der Waals surface area (Å²) in [7, 11) is 0. The number of fused-ring (bicyclic) bond motifs is 1. The molecule has 2 unspecified atom stereocenters.